The van der Waals surface area contributed by atoms with Crippen LogP contribution in [0.5, 0.6) is 0 Å². The van der Waals surface area contributed by atoms with Crippen LogP contribution in [0.4, 0.5) is 5.82 Å². The van der Waals surface area contributed by atoms with E-state index in [0.717, 1.165) is 36.9 Å². The smallest absolute Gasteiger partial charge is 0.129 e. The summed E-state index contributed by atoms with van der Waals surface area (Å²) < 4.78 is 0. The van der Waals surface area contributed by atoms with E-state index in [0.29, 0.717) is 12.0 Å². The van der Waals surface area contributed by atoms with Crippen molar-refractivity contribution >= 4 is 5.82 Å². The van der Waals surface area contributed by atoms with E-state index in [4.69, 9.17) is 10.7 Å². The van der Waals surface area contributed by atoms with Crippen LogP contribution in [-0.2, 0) is 13.0 Å². The van der Waals surface area contributed by atoms with Crippen molar-refractivity contribution in [2.24, 2.45) is 17.1 Å². The molecule has 0 aliphatic carbocycles. The van der Waals surface area contributed by atoms with E-state index in [1.807, 2.05) is 0 Å². The lowest BCUT2D eigenvalue weighted by Crippen LogP contribution is -2.27. The normalized spacial score (nSPS) is 20.4. The zero-order valence-electron chi connectivity index (χ0n) is 14.2. The summed E-state index contributed by atoms with van der Waals surface area (Å²) in [4.78, 5) is 7.29. The fourth-order valence-corrected chi connectivity index (χ4v) is 3.29. The molecule has 1 aliphatic rings. The maximum atomic E-state index is 5.84. The first-order chi connectivity index (χ1) is 9.94. The maximum Gasteiger partial charge on any atom is 0.129 e. The van der Waals surface area contributed by atoms with Gasteiger partial charge in [-0.05, 0) is 54.7 Å². The molecule has 1 aliphatic heterocycles. The lowest BCUT2D eigenvalue weighted by Gasteiger charge is -2.30. The quantitative estimate of drug-likeness (QED) is 0.921. The van der Waals surface area contributed by atoms with Crippen LogP contribution in [0, 0.1) is 11.3 Å². The van der Waals surface area contributed by atoms with Gasteiger partial charge in [0.15, 0.2) is 0 Å². The molecule has 0 aromatic carbocycles. The molecule has 0 amide bonds. The summed E-state index contributed by atoms with van der Waals surface area (Å²) in [7, 11) is 0. The highest BCUT2D eigenvalue weighted by molar-refractivity contribution is 5.43. The summed E-state index contributed by atoms with van der Waals surface area (Å²) in [5, 5.41) is 0. The second kappa shape index (κ2) is 6.78. The fraction of sp³-hybridized carbons (Fsp3) is 0.722. The SMILES string of the molecule is CCc1cc(CN)cc(N2CCCC(C(C)(C)C)CC2)n1. The molecule has 1 unspecified atom stereocenters. The Morgan fingerprint density at radius 2 is 2.00 bits per heavy atom. The van der Waals surface area contributed by atoms with Crippen LogP contribution in [0.1, 0.15) is 58.2 Å². The number of rotatable bonds is 3. The van der Waals surface area contributed by atoms with E-state index in [2.05, 4.69) is 44.7 Å². The first-order valence-corrected chi connectivity index (χ1v) is 8.39. The van der Waals surface area contributed by atoms with Crippen LogP contribution < -0.4 is 10.6 Å². The molecule has 1 atom stereocenters. The summed E-state index contributed by atoms with van der Waals surface area (Å²) in [6.07, 6.45) is 4.83. The van der Waals surface area contributed by atoms with E-state index in [1.54, 1.807) is 0 Å². The van der Waals surface area contributed by atoms with Gasteiger partial charge in [-0.15, -0.1) is 0 Å². The van der Waals surface area contributed by atoms with Crippen molar-refractivity contribution in [2.75, 3.05) is 18.0 Å². The second-order valence-electron chi connectivity index (χ2n) is 7.36. The minimum atomic E-state index is 0.414. The fourth-order valence-electron chi connectivity index (χ4n) is 3.29. The molecule has 0 spiro atoms. The number of nitrogens with zero attached hydrogens (tertiary/aromatic N) is 2. The van der Waals surface area contributed by atoms with Crippen molar-refractivity contribution in [3.8, 4) is 0 Å². The number of aryl methyl sites for hydroxylation is 1. The lowest BCUT2D eigenvalue weighted by molar-refractivity contribution is 0.220. The third-order valence-corrected chi connectivity index (χ3v) is 4.80. The minimum absolute atomic E-state index is 0.414. The molecule has 2 N–H and O–H groups in total. The third kappa shape index (κ3) is 4.19. The molecule has 2 rings (SSSR count). The molecular weight excluding hydrogens is 258 g/mol. The maximum absolute atomic E-state index is 5.84. The topological polar surface area (TPSA) is 42.1 Å². The molecule has 1 saturated heterocycles. The molecular formula is C18H31N3. The molecule has 0 bridgehead atoms. The van der Waals surface area contributed by atoms with Crippen LogP contribution in [0.3, 0.4) is 0 Å². The van der Waals surface area contributed by atoms with Gasteiger partial charge in [0.25, 0.3) is 0 Å². The van der Waals surface area contributed by atoms with Gasteiger partial charge in [0.05, 0.1) is 0 Å². The van der Waals surface area contributed by atoms with E-state index in [9.17, 15) is 0 Å². The van der Waals surface area contributed by atoms with Gasteiger partial charge in [0, 0.05) is 25.3 Å². The Labute approximate surface area is 129 Å². The van der Waals surface area contributed by atoms with Gasteiger partial charge >= 0.3 is 0 Å². The molecule has 3 heteroatoms. The predicted molar refractivity (Wildman–Crippen MR) is 90.5 cm³/mol. The monoisotopic (exact) mass is 289 g/mol. The van der Waals surface area contributed by atoms with E-state index in [1.165, 1.54) is 24.8 Å². The number of pyridine rings is 1. The van der Waals surface area contributed by atoms with Gasteiger partial charge in [0.2, 0.25) is 0 Å². The number of hydrogen-bond donors (Lipinski definition) is 1. The van der Waals surface area contributed by atoms with Crippen molar-refractivity contribution in [2.45, 2.75) is 59.9 Å². The Hall–Kier alpha value is -1.09. The van der Waals surface area contributed by atoms with Crippen LogP contribution in [0.2, 0.25) is 0 Å². The molecule has 0 radical (unpaired) electrons. The average molecular weight is 289 g/mol. The largest absolute Gasteiger partial charge is 0.357 e. The van der Waals surface area contributed by atoms with E-state index < -0.39 is 0 Å². The van der Waals surface area contributed by atoms with Crippen molar-refractivity contribution in [3.63, 3.8) is 0 Å². The number of hydrogen-bond acceptors (Lipinski definition) is 3. The Morgan fingerprint density at radius 1 is 1.24 bits per heavy atom. The number of anilines is 1. The highest BCUT2D eigenvalue weighted by Gasteiger charge is 2.27. The van der Waals surface area contributed by atoms with Crippen LogP contribution in [0.15, 0.2) is 12.1 Å². The van der Waals surface area contributed by atoms with Crippen LogP contribution >= 0.6 is 0 Å². The van der Waals surface area contributed by atoms with Crippen molar-refractivity contribution in [3.05, 3.63) is 23.4 Å². The molecule has 21 heavy (non-hydrogen) atoms. The summed E-state index contributed by atoms with van der Waals surface area (Å²) in [6, 6.07) is 4.32. The number of nitrogens with two attached hydrogens (primary N) is 1. The molecule has 2 heterocycles. The summed E-state index contributed by atoms with van der Waals surface area (Å²) >= 11 is 0. The molecule has 1 aromatic rings. The molecule has 1 aromatic heterocycles. The Bertz CT molecular complexity index is 440. The summed E-state index contributed by atoms with van der Waals surface area (Å²) in [6.45, 7) is 12.1. The van der Waals surface area contributed by atoms with Gasteiger partial charge in [-0.25, -0.2) is 4.98 Å². The van der Waals surface area contributed by atoms with Crippen molar-refractivity contribution < 1.29 is 0 Å². The minimum Gasteiger partial charge on any atom is -0.357 e. The Morgan fingerprint density at radius 3 is 2.62 bits per heavy atom. The zero-order chi connectivity index (χ0) is 15.5. The highest BCUT2D eigenvalue weighted by atomic mass is 15.2. The molecule has 118 valence electrons. The second-order valence-corrected chi connectivity index (χ2v) is 7.36. The highest BCUT2D eigenvalue weighted by Crippen LogP contribution is 2.35. The Kier molecular flexibility index (Phi) is 5.26. The first-order valence-electron chi connectivity index (χ1n) is 8.39. The van der Waals surface area contributed by atoms with Crippen LogP contribution in [0.25, 0.3) is 0 Å². The van der Waals surface area contributed by atoms with Gasteiger partial charge in [0.1, 0.15) is 5.82 Å². The van der Waals surface area contributed by atoms with Crippen LogP contribution in [-0.4, -0.2) is 18.1 Å². The summed E-state index contributed by atoms with van der Waals surface area (Å²) in [5.74, 6) is 1.94. The Balaban J connectivity index is 2.15. The first kappa shape index (κ1) is 16.3. The van der Waals surface area contributed by atoms with E-state index in [-0.39, 0.29) is 0 Å². The lowest BCUT2D eigenvalue weighted by atomic mass is 9.77. The molecule has 3 nitrogen and oxygen atoms in total. The molecule has 0 saturated carbocycles. The number of aromatic nitrogens is 1. The van der Waals surface area contributed by atoms with Gasteiger partial charge in [-0.1, -0.05) is 27.7 Å². The van der Waals surface area contributed by atoms with Gasteiger partial charge in [-0.3, -0.25) is 0 Å². The van der Waals surface area contributed by atoms with Gasteiger partial charge in [-0.2, -0.15) is 0 Å². The average Bonchev–Trinajstić information content (AvgIpc) is 2.72. The van der Waals surface area contributed by atoms with Gasteiger partial charge < -0.3 is 10.6 Å². The van der Waals surface area contributed by atoms with Crippen molar-refractivity contribution in [1.29, 1.82) is 0 Å². The van der Waals surface area contributed by atoms with E-state index >= 15 is 0 Å². The summed E-state index contributed by atoms with van der Waals surface area (Å²) in [5.41, 5.74) is 8.61. The zero-order valence-corrected chi connectivity index (χ0v) is 14.2. The molecule has 1 fully saturated rings. The van der Waals surface area contributed by atoms with Crippen molar-refractivity contribution in [1.82, 2.24) is 4.98 Å². The standard InChI is InChI=1S/C18H31N3/c1-5-16-11-14(13-19)12-17(20-16)21-9-6-7-15(8-10-21)18(2,3)4/h11-12,15H,5-10,13,19H2,1-4H3. The third-order valence-electron chi connectivity index (χ3n) is 4.80. The predicted octanol–water partition coefficient (Wildman–Crippen LogP) is 3.76.